The summed E-state index contributed by atoms with van der Waals surface area (Å²) < 4.78 is 10.5. The van der Waals surface area contributed by atoms with E-state index >= 15 is 0 Å². The van der Waals surface area contributed by atoms with Gasteiger partial charge in [0.1, 0.15) is 12.4 Å². The molecule has 0 aliphatic heterocycles. The topological polar surface area (TPSA) is 61.3 Å². The van der Waals surface area contributed by atoms with E-state index in [2.05, 4.69) is 5.16 Å². The van der Waals surface area contributed by atoms with Gasteiger partial charge in [-0.15, -0.1) is 0 Å². The summed E-state index contributed by atoms with van der Waals surface area (Å²) in [5.41, 5.74) is 6.84. The van der Waals surface area contributed by atoms with Gasteiger partial charge >= 0.3 is 0 Å². The molecule has 0 spiro atoms. The van der Waals surface area contributed by atoms with Crippen molar-refractivity contribution in [2.75, 3.05) is 0 Å². The minimum Gasteiger partial charge on any atom is -0.486 e. The number of rotatable bonds is 4. The highest BCUT2D eigenvalue weighted by Gasteiger charge is 2.02. The SMILES string of the molecule is CC(N)c1cccc(OCc2ccno2)c1. The van der Waals surface area contributed by atoms with Gasteiger partial charge in [0.25, 0.3) is 0 Å². The number of nitrogens with zero attached hydrogens (tertiary/aromatic N) is 1. The number of aromatic nitrogens is 1. The zero-order chi connectivity index (χ0) is 11.4. The van der Waals surface area contributed by atoms with Crippen LogP contribution in [0.5, 0.6) is 5.75 Å². The van der Waals surface area contributed by atoms with Gasteiger partial charge < -0.3 is 15.0 Å². The van der Waals surface area contributed by atoms with Crippen LogP contribution >= 0.6 is 0 Å². The average molecular weight is 218 g/mol. The Labute approximate surface area is 94.0 Å². The molecule has 0 aliphatic carbocycles. The second-order valence-electron chi connectivity index (χ2n) is 3.63. The molecule has 1 heterocycles. The van der Waals surface area contributed by atoms with Crippen LogP contribution in [-0.4, -0.2) is 5.16 Å². The molecule has 1 aromatic heterocycles. The highest BCUT2D eigenvalue weighted by Crippen LogP contribution is 2.18. The molecule has 0 bridgehead atoms. The van der Waals surface area contributed by atoms with E-state index in [1.165, 1.54) is 0 Å². The second-order valence-corrected chi connectivity index (χ2v) is 3.63. The first-order valence-electron chi connectivity index (χ1n) is 5.13. The van der Waals surface area contributed by atoms with Gasteiger partial charge in [0.2, 0.25) is 0 Å². The normalized spacial score (nSPS) is 12.4. The molecule has 2 aromatic rings. The third-order valence-corrected chi connectivity index (χ3v) is 2.26. The Kier molecular flexibility index (Phi) is 3.22. The van der Waals surface area contributed by atoms with E-state index < -0.39 is 0 Å². The molecule has 2 rings (SSSR count). The lowest BCUT2D eigenvalue weighted by Crippen LogP contribution is -2.05. The van der Waals surface area contributed by atoms with Crippen LogP contribution in [0.3, 0.4) is 0 Å². The molecule has 0 saturated heterocycles. The van der Waals surface area contributed by atoms with E-state index in [4.69, 9.17) is 15.0 Å². The fraction of sp³-hybridized carbons (Fsp3) is 0.250. The molecule has 0 fully saturated rings. The van der Waals surface area contributed by atoms with Gasteiger partial charge in [0, 0.05) is 12.1 Å². The summed E-state index contributed by atoms with van der Waals surface area (Å²) in [7, 11) is 0. The van der Waals surface area contributed by atoms with E-state index in [0.717, 1.165) is 11.3 Å². The largest absolute Gasteiger partial charge is 0.486 e. The molecule has 0 aliphatic rings. The monoisotopic (exact) mass is 218 g/mol. The van der Waals surface area contributed by atoms with Crippen molar-refractivity contribution in [1.82, 2.24) is 5.16 Å². The fourth-order valence-corrected chi connectivity index (χ4v) is 1.36. The van der Waals surface area contributed by atoms with Crippen LogP contribution < -0.4 is 10.5 Å². The molecule has 1 aromatic carbocycles. The Hall–Kier alpha value is -1.81. The van der Waals surface area contributed by atoms with Crippen molar-refractivity contribution in [3.8, 4) is 5.75 Å². The van der Waals surface area contributed by atoms with Crippen molar-refractivity contribution in [3.63, 3.8) is 0 Å². The zero-order valence-corrected chi connectivity index (χ0v) is 9.09. The molecule has 84 valence electrons. The van der Waals surface area contributed by atoms with Crippen molar-refractivity contribution in [1.29, 1.82) is 0 Å². The Morgan fingerprint density at radius 2 is 2.31 bits per heavy atom. The highest BCUT2D eigenvalue weighted by molar-refractivity contribution is 5.30. The summed E-state index contributed by atoms with van der Waals surface area (Å²) in [6.45, 7) is 2.32. The zero-order valence-electron chi connectivity index (χ0n) is 9.09. The van der Waals surface area contributed by atoms with Crippen molar-refractivity contribution in [2.24, 2.45) is 5.73 Å². The maximum atomic E-state index is 5.79. The molecular weight excluding hydrogens is 204 g/mol. The third kappa shape index (κ3) is 2.61. The van der Waals surface area contributed by atoms with Gasteiger partial charge in [0.15, 0.2) is 5.76 Å². The predicted octanol–water partition coefficient (Wildman–Crippen LogP) is 2.27. The van der Waals surface area contributed by atoms with Crippen LogP contribution in [-0.2, 0) is 6.61 Å². The summed E-state index contributed by atoms with van der Waals surface area (Å²) in [4.78, 5) is 0. The van der Waals surface area contributed by atoms with Gasteiger partial charge in [-0.05, 0) is 24.6 Å². The van der Waals surface area contributed by atoms with Gasteiger partial charge in [-0.3, -0.25) is 0 Å². The number of nitrogens with two attached hydrogens (primary N) is 1. The lowest BCUT2D eigenvalue weighted by Gasteiger charge is -2.08. The maximum absolute atomic E-state index is 5.79. The molecule has 2 N–H and O–H groups in total. The number of hydrogen-bond acceptors (Lipinski definition) is 4. The lowest BCUT2D eigenvalue weighted by atomic mass is 10.1. The van der Waals surface area contributed by atoms with Crippen LogP contribution in [0, 0.1) is 0 Å². The molecular formula is C12H14N2O2. The molecule has 0 amide bonds. The standard InChI is InChI=1S/C12H14N2O2/c1-9(13)10-3-2-4-11(7-10)15-8-12-5-6-14-16-12/h2-7,9H,8,13H2,1H3. The first-order valence-corrected chi connectivity index (χ1v) is 5.13. The summed E-state index contributed by atoms with van der Waals surface area (Å²) in [5.74, 6) is 1.48. The number of benzene rings is 1. The Bertz CT molecular complexity index is 438. The number of ether oxygens (including phenoxy) is 1. The maximum Gasteiger partial charge on any atom is 0.174 e. The van der Waals surface area contributed by atoms with Gasteiger partial charge in [-0.2, -0.15) is 0 Å². The molecule has 0 saturated carbocycles. The smallest absolute Gasteiger partial charge is 0.174 e. The molecule has 4 heteroatoms. The Morgan fingerprint density at radius 3 is 3.00 bits per heavy atom. The van der Waals surface area contributed by atoms with E-state index in [1.807, 2.05) is 31.2 Å². The van der Waals surface area contributed by atoms with E-state index in [9.17, 15) is 0 Å². The van der Waals surface area contributed by atoms with E-state index in [0.29, 0.717) is 12.4 Å². The lowest BCUT2D eigenvalue weighted by molar-refractivity contribution is 0.249. The summed E-state index contributed by atoms with van der Waals surface area (Å²) in [6, 6.07) is 9.51. The molecule has 1 unspecified atom stereocenters. The van der Waals surface area contributed by atoms with Crippen molar-refractivity contribution in [2.45, 2.75) is 19.6 Å². The molecule has 16 heavy (non-hydrogen) atoms. The first kappa shape index (κ1) is 10.7. The fourth-order valence-electron chi connectivity index (χ4n) is 1.36. The average Bonchev–Trinajstić information content (AvgIpc) is 2.79. The van der Waals surface area contributed by atoms with E-state index in [1.54, 1.807) is 12.3 Å². The van der Waals surface area contributed by atoms with Crippen molar-refractivity contribution < 1.29 is 9.26 Å². The number of hydrogen-bond donors (Lipinski definition) is 1. The van der Waals surface area contributed by atoms with Crippen molar-refractivity contribution in [3.05, 3.63) is 47.9 Å². The van der Waals surface area contributed by atoms with Crippen LogP contribution in [0.2, 0.25) is 0 Å². The molecule has 1 atom stereocenters. The molecule has 0 radical (unpaired) electrons. The summed E-state index contributed by atoms with van der Waals surface area (Å²) in [6.07, 6.45) is 1.59. The van der Waals surface area contributed by atoms with Gasteiger partial charge in [-0.25, -0.2) is 0 Å². The van der Waals surface area contributed by atoms with Gasteiger partial charge in [-0.1, -0.05) is 17.3 Å². The van der Waals surface area contributed by atoms with Crippen LogP contribution in [0.25, 0.3) is 0 Å². The second kappa shape index (κ2) is 4.81. The third-order valence-electron chi connectivity index (χ3n) is 2.26. The quantitative estimate of drug-likeness (QED) is 0.855. The highest BCUT2D eigenvalue weighted by atomic mass is 16.5. The van der Waals surface area contributed by atoms with Gasteiger partial charge in [0.05, 0.1) is 6.20 Å². The Balaban J connectivity index is 2.01. The van der Waals surface area contributed by atoms with E-state index in [-0.39, 0.29) is 6.04 Å². The minimum absolute atomic E-state index is 0.00818. The van der Waals surface area contributed by atoms with Crippen molar-refractivity contribution >= 4 is 0 Å². The predicted molar refractivity (Wildman–Crippen MR) is 59.9 cm³/mol. The van der Waals surface area contributed by atoms with Crippen LogP contribution in [0.15, 0.2) is 41.1 Å². The van der Waals surface area contributed by atoms with Crippen LogP contribution in [0.4, 0.5) is 0 Å². The molecule has 4 nitrogen and oxygen atoms in total. The first-order chi connectivity index (χ1) is 7.75. The summed E-state index contributed by atoms with van der Waals surface area (Å²) >= 11 is 0. The summed E-state index contributed by atoms with van der Waals surface area (Å²) in [5, 5.41) is 3.61. The Morgan fingerprint density at radius 1 is 1.44 bits per heavy atom. The minimum atomic E-state index is 0.00818. The van der Waals surface area contributed by atoms with Crippen LogP contribution in [0.1, 0.15) is 24.3 Å².